The first-order valence-corrected chi connectivity index (χ1v) is 9.39. The lowest BCUT2D eigenvalue weighted by atomic mass is 9.89. The maximum absolute atomic E-state index is 12.3. The largest absolute Gasteiger partial charge is 0.355 e. The zero-order valence-corrected chi connectivity index (χ0v) is 14.7. The average molecular weight is 331 g/mol. The molecule has 3 rings (SSSR count). The van der Waals surface area contributed by atoms with E-state index in [1.165, 1.54) is 43.9 Å². The number of aryl methyl sites for hydroxylation is 1. The van der Waals surface area contributed by atoms with E-state index in [-0.39, 0.29) is 11.2 Å². The van der Waals surface area contributed by atoms with Crippen molar-refractivity contribution >= 4 is 28.7 Å². The molecule has 124 valence electrons. The Morgan fingerprint density at radius 1 is 1.35 bits per heavy atom. The van der Waals surface area contributed by atoms with Gasteiger partial charge < -0.3 is 9.88 Å². The van der Waals surface area contributed by atoms with Gasteiger partial charge in [0, 0.05) is 13.6 Å². The molecule has 1 heterocycles. The topological polar surface area (TPSA) is 46.9 Å². The molecular weight excluding hydrogens is 306 g/mol. The second kappa shape index (κ2) is 7.39. The number of hydrogen-bond acceptors (Lipinski definition) is 3. The Hall–Kier alpha value is -1.49. The molecule has 1 aliphatic rings. The molecule has 1 aromatic heterocycles. The van der Waals surface area contributed by atoms with Crippen LogP contribution in [0.25, 0.3) is 11.0 Å². The van der Waals surface area contributed by atoms with Gasteiger partial charge in [0.05, 0.1) is 16.3 Å². The number of carbonyl (C=O) groups excluding carboxylic acids is 1. The highest BCUT2D eigenvalue weighted by Crippen LogP contribution is 2.27. The number of fused-ring (bicyclic) bond motifs is 1. The van der Waals surface area contributed by atoms with Gasteiger partial charge in [-0.05, 0) is 37.8 Å². The number of benzene rings is 1. The molecule has 0 unspecified atom stereocenters. The van der Waals surface area contributed by atoms with E-state index in [0.717, 1.165) is 22.7 Å². The van der Waals surface area contributed by atoms with Gasteiger partial charge in [0.1, 0.15) is 0 Å². The summed E-state index contributed by atoms with van der Waals surface area (Å²) in [7, 11) is 2.00. The molecule has 1 N–H and O–H groups in total. The number of imidazole rings is 1. The normalized spacial score (nSPS) is 17.3. The highest BCUT2D eigenvalue weighted by Gasteiger charge is 2.20. The van der Waals surface area contributed by atoms with Crippen LogP contribution in [-0.2, 0) is 11.8 Å². The molecule has 0 spiro atoms. The van der Waals surface area contributed by atoms with Gasteiger partial charge in [-0.2, -0.15) is 0 Å². The Morgan fingerprint density at radius 3 is 2.83 bits per heavy atom. The summed E-state index contributed by atoms with van der Waals surface area (Å²) < 4.78 is 2.06. The molecule has 1 atom stereocenters. The van der Waals surface area contributed by atoms with Gasteiger partial charge in [-0.1, -0.05) is 43.2 Å². The van der Waals surface area contributed by atoms with Gasteiger partial charge in [-0.3, -0.25) is 4.79 Å². The lowest BCUT2D eigenvalue weighted by Crippen LogP contribution is -2.35. The van der Waals surface area contributed by atoms with Crippen LogP contribution < -0.4 is 5.32 Å². The SMILES string of the molecule is C[C@H](Sc1nc2ccccc2n1C)C(=O)NCC1CCCCC1. The van der Waals surface area contributed by atoms with Gasteiger partial charge in [0.2, 0.25) is 5.91 Å². The fraction of sp³-hybridized carbons (Fsp3) is 0.556. The first-order chi connectivity index (χ1) is 11.1. The van der Waals surface area contributed by atoms with Crippen LogP contribution in [0.2, 0.25) is 0 Å². The minimum atomic E-state index is -0.130. The summed E-state index contributed by atoms with van der Waals surface area (Å²) >= 11 is 1.53. The summed E-state index contributed by atoms with van der Waals surface area (Å²) in [6.45, 7) is 2.78. The third-order valence-corrected chi connectivity index (χ3v) is 5.83. The van der Waals surface area contributed by atoms with Crippen LogP contribution in [-0.4, -0.2) is 27.3 Å². The van der Waals surface area contributed by atoms with Crippen molar-refractivity contribution in [3.8, 4) is 0 Å². The van der Waals surface area contributed by atoms with Crippen molar-refractivity contribution < 1.29 is 4.79 Å². The van der Waals surface area contributed by atoms with Gasteiger partial charge >= 0.3 is 0 Å². The van der Waals surface area contributed by atoms with Crippen LogP contribution in [0.1, 0.15) is 39.0 Å². The lowest BCUT2D eigenvalue weighted by molar-refractivity contribution is -0.120. The van der Waals surface area contributed by atoms with Gasteiger partial charge in [-0.15, -0.1) is 0 Å². The van der Waals surface area contributed by atoms with E-state index in [1.807, 2.05) is 32.2 Å². The van der Waals surface area contributed by atoms with Gasteiger partial charge in [-0.25, -0.2) is 4.98 Å². The smallest absolute Gasteiger partial charge is 0.233 e. The predicted octanol–water partition coefficient (Wildman–Crippen LogP) is 3.75. The number of amides is 1. The highest BCUT2D eigenvalue weighted by atomic mass is 32.2. The van der Waals surface area contributed by atoms with Crippen LogP contribution >= 0.6 is 11.8 Å². The molecule has 0 bridgehead atoms. The van der Waals surface area contributed by atoms with E-state index in [0.29, 0.717) is 5.92 Å². The van der Waals surface area contributed by atoms with E-state index < -0.39 is 0 Å². The van der Waals surface area contributed by atoms with Crippen LogP contribution in [0, 0.1) is 5.92 Å². The standard InChI is InChI=1S/C18H25N3OS/c1-13(17(22)19-12-14-8-4-3-5-9-14)23-18-20-15-10-6-7-11-16(15)21(18)2/h6-7,10-11,13-14H,3-5,8-9,12H2,1-2H3,(H,19,22)/t13-/m0/s1. The van der Waals surface area contributed by atoms with Crippen LogP contribution in [0.5, 0.6) is 0 Å². The van der Waals surface area contributed by atoms with Crippen molar-refractivity contribution in [3.05, 3.63) is 24.3 Å². The second-order valence-electron chi connectivity index (χ2n) is 6.45. The number of nitrogens with one attached hydrogen (secondary N) is 1. The van der Waals surface area contributed by atoms with E-state index in [1.54, 1.807) is 0 Å². The maximum atomic E-state index is 12.3. The Kier molecular flexibility index (Phi) is 5.26. The number of nitrogens with zero attached hydrogens (tertiary/aromatic N) is 2. The van der Waals surface area contributed by atoms with Crippen molar-refractivity contribution in [1.82, 2.24) is 14.9 Å². The number of rotatable bonds is 5. The first-order valence-electron chi connectivity index (χ1n) is 8.51. The summed E-state index contributed by atoms with van der Waals surface area (Å²) in [4.78, 5) is 17.0. The van der Waals surface area contributed by atoms with E-state index in [4.69, 9.17) is 0 Å². The lowest BCUT2D eigenvalue weighted by Gasteiger charge is -2.22. The molecular formula is C18H25N3OS. The van der Waals surface area contributed by atoms with Crippen LogP contribution in [0.4, 0.5) is 0 Å². The Bertz CT molecular complexity index is 676. The summed E-state index contributed by atoms with van der Waals surface area (Å²) in [5.41, 5.74) is 2.08. The average Bonchev–Trinajstić information content (AvgIpc) is 2.90. The summed E-state index contributed by atoms with van der Waals surface area (Å²) in [6.07, 6.45) is 6.48. The number of aromatic nitrogens is 2. The number of thioether (sulfide) groups is 1. The van der Waals surface area contributed by atoms with Crippen LogP contribution in [0.15, 0.2) is 29.4 Å². The Labute approximate surface area is 142 Å². The number of para-hydroxylation sites is 2. The van der Waals surface area contributed by atoms with Crippen molar-refractivity contribution in [2.75, 3.05) is 6.54 Å². The quantitative estimate of drug-likeness (QED) is 0.849. The first kappa shape index (κ1) is 16.4. The van der Waals surface area contributed by atoms with Crippen molar-refractivity contribution in [2.45, 2.75) is 49.4 Å². The Balaban J connectivity index is 1.57. The van der Waals surface area contributed by atoms with E-state index >= 15 is 0 Å². The van der Waals surface area contributed by atoms with Gasteiger partial charge in [0.25, 0.3) is 0 Å². The molecule has 1 aromatic carbocycles. The molecule has 4 nitrogen and oxygen atoms in total. The Morgan fingerprint density at radius 2 is 2.09 bits per heavy atom. The minimum absolute atomic E-state index is 0.118. The molecule has 0 aliphatic heterocycles. The minimum Gasteiger partial charge on any atom is -0.355 e. The maximum Gasteiger partial charge on any atom is 0.233 e. The summed E-state index contributed by atoms with van der Waals surface area (Å²) in [6, 6.07) is 8.07. The van der Waals surface area contributed by atoms with E-state index in [2.05, 4.69) is 20.9 Å². The third kappa shape index (κ3) is 3.89. The van der Waals surface area contributed by atoms with Crippen LogP contribution in [0.3, 0.4) is 0 Å². The summed E-state index contributed by atoms with van der Waals surface area (Å²) in [5, 5.41) is 3.89. The van der Waals surface area contributed by atoms with Crippen molar-refractivity contribution in [2.24, 2.45) is 13.0 Å². The van der Waals surface area contributed by atoms with Crippen molar-refractivity contribution in [3.63, 3.8) is 0 Å². The predicted molar refractivity (Wildman–Crippen MR) is 95.6 cm³/mol. The fourth-order valence-corrected chi connectivity index (χ4v) is 4.13. The third-order valence-electron chi connectivity index (χ3n) is 4.69. The van der Waals surface area contributed by atoms with Crippen molar-refractivity contribution in [1.29, 1.82) is 0 Å². The molecule has 23 heavy (non-hydrogen) atoms. The molecule has 2 aromatic rings. The fourth-order valence-electron chi connectivity index (χ4n) is 3.22. The second-order valence-corrected chi connectivity index (χ2v) is 7.76. The molecule has 1 amide bonds. The zero-order valence-electron chi connectivity index (χ0n) is 13.9. The number of carbonyl (C=O) groups is 1. The molecule has 1 saturated carbocycles. The summed E-state index contributed by atoms with van der Waals surface area (Å²) in [5.74, 6) is 0.785. The molecule has 5 heteroatoms. The number of hydrogen-bond donors (Lipinski definition) is 1. The molecule has 1 aliphatic carbocycles. The highest BCUT2D eigenvalue weighted by molar-refractivity contribution is 8.00. The zero-order chi connectivity index (χ0) is 16.2. The monoisotopic (exact) mass is 331 g/mol. The van der Waals surface area contributed by atoms with E-state index in [9.17, 15) is 4.79 Å². The van der Waals surface area contributed by atoms with Gasteiger partial charge in [0.15, 0.2) is 5.16 Å². The molecule has 1 fully saturated rings. The molecule has 0 radical (unpaired) electrons. The molecule has 0 saturated heterocycles.